The molecule has 0 aliphatic heterocycles. The minimum atomic E-state index is -0.0656. The maximum atomic E-state index is 12.7. The van der Waals surface area contributed by atoms with Gasteiger partial charge in [-0.2, -0.15) is 4.79 Å². The lowest BCUT2D eigenvalue weighted by molar-refractivity contribution is -0.00233. The number of rotatable bonds is 12. The van der Waals surface area contributed by atoms with Crippen molar-refractivity contribution >= 4 is 48.8 Å². The summed E-state index contributed by atoms with van der Waals surface area (Å²) in [5, 5.41) is 7.92. The summed E-state index contributed by atoms with van der Waals surface area (Å²) in [5.41, 5.74) is 34.7. The number of aryl methyl sites for hydroxylation is 4. The largest absolute Gasteiger partial charge is 0.497 e. The molecule has 0 amide bonds. The summed E-state index contributed by atoms with van der Waals surface area (Å²) in [7, 11) is 6.79. The molecule has 6 heteroatoms. The van der Waals surface area contributed by atoms with E-state index >= 15 is 0 Å². The molecule has 0 atom stereocenters. The van der Waals surface area contributed by atoms with Gasteiger partial charge in [-0.25, -0.2) is 0 Å². The van der Waals surface area contributed by atoms with Gasteiger partial charge < -0.3 is 24.5 Å². The fourth-order valence-electron chi connectivity index (χ4n) is 13.2. The van der Waals surface area contributed by atoms with Gasteiger partial charge in [0.2, 0.25) is 0 Å². The fourth-order valence-corrected chi connectivity index (χ4v) is 13.2. The second kappa shape index (κ2) is 22.6. The van der Waals surface area contributed by atoms with Gasteiger partial charge in [0.15, 0.2) is 0 Å². The molecular formula is C81H74N2O4. The lowest BCUT2D eigenvalue weighted by Gasteiger charge is -2.25. The molecule has 0 radical (unpaired) electrons. The van der Waals surface area contributed by atoms with E-state index in [2.05, 4.69) is 215 Å². The first kappa shape index (κ1) is 57.7. The number of nitrogens with zero attached hydrogens (tertiary/aromatic N) is 2. The predicted octanol–water partition coefficient (Wildman–Crippen LogP) is 21.2. The van der Waals surface area contributed by atoms with Crippen LogP contribution in [-0.4, -0.2) is 38.9 Å². The second-order valence-electron chi connectivity index (χ2n) is 25.4. The van der Waals surface area contributed by atoms with E-state index in [-0.39, 0.29) is 10.8 Å². The molecule has 0 heterocycles. The van der Waals surface area contributed by atoms with Gasteiger partial charge in [-0.1, -0.05) is 163 Å². The van der Waals surface area contributed by atoms with Crippen molar-refractivity contribution in [2.45, 2.75) is 80.1 Å². The van der Waals surface area contributed by atoms with Gasteiger partial charge in [-0.15, -0.1) is 0 Å². The SMILES string of the molecule is COc1ccc(-c2ccc3c(-c4c(C)cc(C(C)(C)C)cc4C)c4ccc(-c5ccc(OC)cc5)cc4c(C(=[N+]=[N-])c4c5cc(-c6ccc(OC)cc6)ccc5c(-c5c(C)cc(C(C)(C)C)cc5C)c5ccc(-c6ccc(OC)cc6)cc45)c3c2)cc1. The van der Waals surface area contributed by atoms with E-state index in [9.17, 15) is 5.53 Å². The Morgan fingerprint density at radius 1 is 0.287 bits per heavy atom. The summed E-state index contributed by atoms with van der Waals surface area (Å²) in [5.74, 6) is 3.11. The molecular weight excluding hydrogens is 1060 g/mol. The van der Waals surface area contributed by atoms with Crippen molar-refractivity contribution in [3.8, 4) is 89.8 Å². The molecule has 12 aromatic carbocycles. The fraction of sp³-hybridized carbons (Fsp3) is 0.198. The van der Waals surface area contributed by atoms with E-state index in [4.69, 9.17) is 23.7 Å². The number of ether oxygens (including phenoxy) is 4. The minimum absolute atomic E-state index is 0.0656. The highest BCUT2D eigenvalue weighted by molar-refractivity contribution is 6.36. The average Bonchev–Trinajstić information content (AvgIpc) is 0.810. The summed E-state index contributed by atoms with van der Waals surface area (Å²) in [6, 6.07) is 69.8. The molecule has 0 bridgehead atoms. The summed E-state index contributed by atoms with van der Waals surface area (Å²) in [6.07, 6.45) is 0. The lowest BCUT2D eigenvalue weighted by atomic mass is 9.77. The third-order valence-corrected chi connectivity index (χ3v) is 17.8. The maximum absolute atomic E-state index is 12.7. The Labute approximate surface area is 512 Å². The van der Waals surface area contributed by atoms with Crippen molar-refractivity contribution < 1.29 is 23.7 Å². The smallest absolute Gasteiger partial charge is 0.332 e. The van der Waals surface area contributed by atoms with Gasteiger partial charge in [0.25, 0.3) is 0 Å². The molecule has 6 nitrogen and oxygen atoms in total. The van der Waals surface area contributed by atoms with Gasteiger partial charge >= 0.3 is 5.71 Å². The maximum Gasteiger partial charge on any atom is 0.332 e. The zero-order chi connectivity index (χ0) is 61.2. The monoisotopic (exact) mass is 1140 g/mol. The number of hydrogen-bond donors (Lipinski definition) is 0. The third-order valence-electron chi connectivity index (χ3n) is 17.8. The standard InChI is InChI=1S/C81H74N2O4/c1-47-39-59(80(5,6)7)40-48(2)73(47)75-65-35-23-55(51-15-27-61(84-11)28-16-51)43-69(65)77(70-44-56(24-36-66(70)75)52-17-29-62(85-12)30-18-52)79(83-82)78-71-45-57(53-19-31-63(86-13)32-20-53)25-37-67(71)76(74-49(3)41-60(42-50(74)4)81(8,9)10)68-38-26-58(46-72(68)78)54-21-33-64(87-14)34-22-54/h15-46H,1-14H3. The van der Waals surface area contributed by atoms with E-state index in [1.807, 2.05) is 48.5 Å². The molecule has 0 fully saturated rings. The zero-order valence-electron chi connectivity index (χ0n) is 52.5. The first-order valence-corrected chi connectivity index (χ1v) is 29.9. The van der Waals surface area contributed by atoms with Crippen LogP contribution in [0, 0.1) is 27.7 Å². The highest BCUT2D eigenvalue weighted by atomic mass is 16.5. The molecule has 0 unspecified atom stereocenters. The van der Waals surface area contributed by atoms with Crippen molar-refractivity contribution in [3.63, 3.8) is 0 Å². The van der Waals surface area contributed by atoms with Crippen molar-refractivity contribution in [1.82, 2.24) is 0 Å². The Hall–Kier alpha value is -9.74. The van der Waals surface area contributed by atoms with E-state index in [1.165, 1.54) is 44.5 Å². The van der Waals surface area contributed by atoms with Gasteiger partial charge in [0, 0.05) is 0 Å². The number of fused-ring (bicyclic) bond motifs is 4. The summed E-state index contributed by atoms with van der Waals surface area (Å²) < 4.78 is 22.7. The van der Waals surface area contributed by atoms with Gasteiger partial charge in [0.05, 0.1) is 39.6 Å². The predicted molar refractivity (Wildman–Crippen MR) is 365 cm³/mol. The second-order valence-corrected chi connectivity index (χ2v) is 25.4. The Bertz CT molecular complexity index is 4180. The Morgan fingerprint density at radius 3 is 0.701 bits per heavy atom. The molecule has 432 valence electrons. The number of benzene rings is 12. The highest BCUT2D eigenvalue weighted by Crippen LogP contribution is 2.50. The zero-order valence-corrected chi connectivity index (χ0v) is 52.5. The van der Waals surface area contributed by atoms with Crippen molar-refractivity contribution in [1.29, 1.82) is 0 Å². The molecule has 87 heavy (non-hydrogen) atoms. The van der Waals surface area contributed by atoms with Gasteiger partial charge in [-0.3, -0.25) is 0 Å². The van der Waals surface area contributed by atoms with Crippen LogP contribution >= 0.6 is 0 Å². The van der Waals surface area contributed by atoms with Crippen molar-refractivity contribution in [2.75, 3.05) is 28.4 Å². The van der Waals surface area contributed by atoms with Crippen molar-refractivity contribution in [3.05, 3.63) is 244 Å². The molecule has 0 spiro atoms. The van der Waals surface area contributed by atoms with Crippen LogP contribution in [0.4, 0.5) is 0 Å². The number of methoxy groups -OCH3 is 4. The summed E-state index contributed by atoms with van der Waals surface area (Å²) in [6.45, 7) is 22.7. The number of hydrogen-bond acceptors (Lipinski definition) is 4. The normalized spacial score (nSPS) is 11.8. The Morgan fingerprint density at radius 2 is 0.506 bits per heavy atom. The average molecular weight is 1140 g/mol. The molecule has 0 aliphatic rings. The first-order valence-electron chi connectivity index (χ1n) is 29.9. The first-order chi connectivity index (χ1) is 41.8. The minimum Gasteiger partial charge on any atom is -0.497 e. The molecule has 0 aliphatic carbocycles. The van der Waals surface area contributed by atoms with Crippen LogP contribution in [-0.2, 0) is 10.8 Å². The Balaban J connectivity index is 1.30. The van der Waals surface area contributed by atoms with Crippen LogP contribution < -0.4 is 18.9 Å². The van der Waals surface area contributed by atoms with E-state index < -0.39 is 0 Å². The van der Waals surface area contributed by atoms with Crippen LogP contribution in [0.1, 0.15) is 86.1 Å². The lowest BCUT2D eigenvalue weighted by Crippen LogP contribution is -2.13. The molecule has 12 rings (SSSR count). The van der Waals surface area contributed by atoms with Crippen molar-refractivity contribution in [2.24, 2.45) is 0 Å². The Kier molecular flexibility index (Phi) is 15.0. The molecule has 0 aromatic heterocycles. The van der Waals surface area contributed by atoms with Gasteiger partial charge in [-0.05, 0) is 255 Å². The highest BCUT2D eigenvalue weighted by Gasteiger charge is 2.33. The molecule has 12 aromatic rings. The third kappa shape index (κ3) is 10.5. The molecule has 0 saturated carbocycles. The molecule has 0 N–H and O–H groups in total. The van der Waals surface area contributed by atoms with E-state index in [0.29, 0.717) is 5.71 Å². The van der Waals surface area contributed by atoms with Crippen LogP contribution in [0.2, 0.25) is 0 Å². The van der Waals surface area contributed by atoms with Crippen LogP contribution in [0.15, 0.2) is 194 Å². The topological polar surface area (TPSA) is 73.3 Å². The van der Waals surface area contributed by atoms with E-state index in [1.54, 1.807) is 28.4 Å². The van der Waals surface area contributed by atoms with Crippen LogP contribution in [0.25, 0.3) is 115 Å². The van der Waals surface area contributed by atoms with Gasteiger partial charge in [0.1, 0.15) is 23.0 Å². The van der Waals surface area contributed by atoms with Crippen LogP contribution in [0.5, 0.6) is 23.0 Å². The van der Waals surface area contributed by atoms with Crippen LogP contribution in [0.3, 0.4) is 0 Å². The molecule has 0 saturated heterocycles. The summed E-state index contributed by atoms with van der Waals surface area (Å²) >= 11 is 0. The summed E-state index contributed by atoms with van der Waals surface area (Å²) in [4.78, 5) is 4.73. The quantitative estimate of drug-likeness (QED) is 0.0529. The van der Waals surface area contributed by atoms with E-state index in [0.717, 1.165) is 133 Å².